The van der Waals surface area contributed by atoms with Crippen LogP contribution in [0.2, 0.25) is 0 Å². The Balaban J connectivity index is 1.95. The van der Waals surface area contributed by atoms with E-state index in [9.17, 15) is 14.7 Å². The largest absolute Gasteiger partial charge is 0.479 e. The van der Waals surface area contributed by atoms with Gasteiger partial charge in [0.15, 0.2) is 6.04 Å². The molecule has 2 aromatic rings. The van der Waals surface area contributed by atoms with Crippen molar-refractivity contribution in [1.29, 1.82) is 0 Å². The Labute approximate surface area is 120 Å². The first kappa shape index (κ1) is 14.2. The van der Waals surface area contributed by atoms with Gasteiger partial charge in [-0.05, 0) is 12.0 Å². The minimum absolute atomic E-state index is 0.223. The lowest BCUT2D eigenvalue weighted by atomic mass is 10.1. The van der Waals surface area contributed by atoms with Crippen molar-refractivity contribution in [2.45, 2.75) is 18.9 Å². The Morgan fingerprint density at radius 3 is 2.65 bits per heavy atom. The van der Waals surface area contributed by atoms with Gasteiger partial charge in [0.25, 0.3) is 0 Å². The second-order valence-corrected chi connectivity index (χ2v) is 4.95. The van der Waals surface area contributed by atoms with Crippen LogP contribution in [0.15, 0.2) is 41.2 Å². The average molecular weight is 290 g/mol. The number of hydrogen-bond donors (Lipinski definition) is 2. The second-order valence-electron chi connectivity index (χ2n) is 4.23. The van der Waals surface area contributed by atoms with E-state index in [1.165, 1.54) is 11.3 Å². The maximum absolute atomic E-state index is 11.8. The van der Waals surface area contributed by atoms with Crippen LogP contribution in [0.1, 0.15) is 23.7 Å². The van der Waals surface area contributed by atoms with Crippen LogP contribution in [0.25, 0.3) is 0 Å². The summed E-state index contributed by atoms with van der Waals surface area (Å²) >= 11 is 1.47. The van der Waals surface area contributed by atoms with Crippen molar-refractivity contribution in [3.8, 4) is 0 Å². The number of hydrogen-bond acceptors (Lipinski definition) is 4. The highest BCUT2D eigenvalue weighted by Crippen LogP contribution is 2.13. The van der Waals surface area contributed by atoms with Gasteiger partial charge in [-0.3, -0.25) is 4.79 Å². The van der Waals surface area contributed by atoms with E-state index in [4.69, 9.17) is 0 Å². The van der Waals surface area contributed by atoms with Gasteiger partial charge in [-0.1, -0.05) is 30.3 Å². The molecule has 0 bridgehead atoms. The van der Waals surface area contributed by atoms with E-state index in [0.29, 0.717) is 12.0 Å². The Morgan fingerprint density at radius 1 is 1.30 bits per heavy atom. The molecule has 2 N–H and O–H groups in total. The highest BCUT2D eigenvalue weighted by molar-refractivity contribution is 7.07. The number of carboxylic acids is 1. The molecule has 0 aliphatic heterocycles. The molecule has 1 heterocycles. The summed E-state index contributed by atoms with van der Waals surface area (Å²) in [6.07, 6.45) is 0.733. The van der Waals surface area contributed by atoms with Crippen LogP contribution in [0.5, 0.6) is 0 Å². The van der Waals surface area contributed by atoms with Crippen LogP contribution in [-0.4, -0.2) is 22.0 Å². The van der Waals surface area contributed by atoms with Crippen LogP contribution in [0.4, 0.5) is 0 Å². The van der Waals surface area contributed by atoms with Crippen molar-refractivity contribution in [1.82, 2.24) is 10.3 Å². The van der Waals surface area contributed by atoms with Gasteiger partial charge >= 0.3 is 5.97 Å². The van der Waals surface area contributed by atoms with Crippen LogP contribution in [0, 0.1) is 0 Å². The van der Waals surface area contributed by atoms with Gasteiger partial charge in [0.05, 0.1) is 11.2 Å². The molecule has 0 saturated heterocycles. The molecule has 0 aliphatic rings. The topological polar surface area (TPSA) is 79.3 Å². The van der Waals surface area contributed by atoms with Crippen LogP contribution < -0.4 is 5.32 Å². The van der Waals surface area contributed by atoms with Gasteiger partial charge in [0, 0.05) is 11.8 Å². The van der Waals surface area contributed by atoms with Gasteiger partial charge in [0.2, 0.25) is 5.91 Å². The zero-order chi connectivity index (χ0) is 14.4. The van der Waals surface area contributed by atoms with Crippen molar-refractivity contribution >= 4 is 23.2 Å². The van der Waals surface area contributed by atoms with Crippen molar-refractivity contribution in [2.75, 3.05) is 0 Å². The number of aromatic nitrogens is 1. The van der Waals surface area contributed by atoms with Gasteiger partial charge in [-0.25, -0.2) is 9.78 Å². The molecule has 0 saturated carbocycles. The third-order valence-corrected chi connectivity index (χ3v) is 3.41. The zero-order valence-electron chi connectivity index (χ0n) is 10.7. The number of aliphatic carboxylic acids is 1. The summed E-state index contributed by atoms with van der Waals surface area (Å²) in [5, 5.41) is 13.6. The van der Waals surface area contributed by atoms with Gasteiger partial charge < -0.3 is 10.4 Å². The van der Waals surface area contributed by atoms with E-state index in [2.05, 4.69) is 10.3 Å². The lowest BCUT2D eigenvalue weighted by Gasteiger charge is -2.14. The number of carbonyl (C=O) groups is 2. The first-order valence-electron chi connectivity index (χ1n) is 6.11. The first-order valence-corrected chi connectivity index (χ1v) is 7.05. The highest BCUT2D eigenvalue weighted by Gasteiger charge is 2.21. The summed E-state index contributed by atoms with van der Waals surface area (Å²) in [5.74, 6) is -1.37. The number of aryl methyl sites for hydroxylation is 1. The summed E-state index contributed by atoms with van der Waals surface area (Å²) in [4.78, 5) is 27.2. The first-order chi connectivity index (χ1) is 9.66. The minimum Gasteiger partial charge on any atom is -0.479 e. The lowest BCUT2D eigenvalue weighted by molar-refractivity contribution is -0.142. The molecule has 0 spiro atoms. The number of amides is 1. The molecule has 0 fully saturated rings. The number of carboxylic acid groups (broad SMARTS) is 1. The number of nitrogens with zero attached hydrogens (tertiary/aromatic N) is 1. The van der Waals surface area contributed by atoms with E-state index in [1.54, 1.807) is 35.8 Å². The Morgan fingerprint density at radius 2 is 2.05 bits per heavy atom. The number of rotatable bonds is 6. The summed E-state index contributed by atoms with van der Waals surface area (Å²) < 4.78 is 0. The smallest absolute Gasteiger partial charge is 0.330 e. The summed E-state index contributed by atoms with van der Waals surface area (Å²) in [6, 6.07) is 7.63. The third kappa shape index (κ3) is 3.89. The molecule has 1 aromatic heterocycles. The molecule has 5 nitrogen and oxygen atoms in total. The molecule has 0 radical (unpaired) electrons. The molecule has 104 valence electrons. The van der Waals surface area contributed by atoms with Crippen LogP contribution in [-0.2, 0) is 16.0 Å². The SMILES string of the molecule is O=C(CCc1cscn1)N[C@H](C(=O)O)c1ccccc1. The maximum atomic E-state index is 11.8. The monoisotopic (exact) mass is 290 g/mol. The molecule has 6 heteroatoms. The minimum atomic E-state index is -1.07. The van der Waals surface area contributed by atoms with E-state index in [-0.39, 0.29) is 12.3 Å². The number of nitrogens with one attached hydrogen (secondary N) is 1. The van der Waals surface area contributed by atoms with Crippen LogP contribution in [0.3, 0.4) is 0 Å². The van der Waals surface area contributed by atoms with Crippen molar-refractivity contribution in [3.05, 3.63) is 52.5 Å². The molecule has 2 rings (SSSR count). The zero-order valence-corrected chi connectivity index (χ0v) is 11.5. The fourth-order valence-corrected chi connectivity index (χ4v) is 2.36. The normalized spacial score (nSPS) is 11.8. The van der Waals surface area contributed by atoms with E-state index in [0.717, 1.165) is 5.69 Å². The molecule has 0 aliphatic carbocycles. The van der Waals surface area contributed by atoms with E-state index >= 15 is 0 Å². The van der Waals surface area contributed by atoms with Crippen molar-refractivity contribution < 1.29 is 14.7 Å². The molecular formula is C14H14N2O3S. The molecule has 1 aromatic carbocycles. The number of benzene rings is 1. The van der Waals surface area contributed by atoms with Gasteiger partial charge in [-0.2, -0.15) is 0 Å². The van der Waals surface area contributed by atoms with Crippen LogP contribution >= 0.6 is 11.3 Å². The van der Waals surface area contributed by atoms with Crippen molar-refractivity contribution in [3.63, 3.8) is 0 Å². The Bertz CT molecular complexity index is 569. The fraction of sp³-hybridized carbons (Fsp3) is 0.214. The standard InChI is InChI=1S/C14H14N2O3S/c17-12(7-6-11-8-20-9-15-11)16-13(14(18)19)10-4-2-1-3-5-10/h1-5,8-9,13H,6-7H2,(H,16,17)(H,18,19)/t13-/m0/s1. The van der Waals surface area contributed by atoms with Gasteiger partial charge in [-0.15, -0.1) is 11.3 Å². The molecule has 20 heavy (non-hydrogen) atoms. The Hall–Kier alpha value is -2.21. The van der Waals surface area contributed by atoms with Crippen molar-refractivity contribution in [2.24, 2.45) is 0 Å². The average Bonchev–Trinajstić information content (AvgIpc) is 2.96. The molecule has 1 atom stereocenters. The quantitative estimate of drug-likeness (QED) is 0.853. The number of thiazole rings is 1. The third-order valence-electron chi connectivity index (χ3n) is 2.78. The summed E-state index contributed by atoms with van der Waals surface area (Å²) in [5.41, 5.74) is 3.11. The fourth-order valence-electron chi connectivity index (χ4n) is 1.77. The van der Waals surface area contributed by atoms with E-state index < -0.39 is 12.0 Å². The van der Waals surface area contributed by atoms with E-state index in [1.807, 2.05) is 5.38 Å². The Kier molecular flexibility index (Phi) is 4.84. The molecular weight excluding hydrogens is 276 g/mol. The number of carbonyl (C=O) groups excluding carboxylic acids is 1. The lowest BCUT2D eigenvalue weighted by Crippen LogP contribution is -2.33. The molecule has 1 amide bonds. The predicted molar refractivity (Wildman–Crippen MR) is 75.4 cm³/mol. The predicted octanol–water partition coefficient (Wildman–Crippen LogP) is 2.02. The maximum Gasteiger partial charge on any atom is 0.330 e. The second kappa shape index (κ2) is 6.81. The summed E-state index contributed by atoms with van der Waals surface area (Å²) in [6.45, 7) is 0. The van der Waals surface area contributed by atoms with Gasteiger partial charge in [0.1, 0.15) is 0 Å². The molecule has 0 unspecified atom stereocenters. The summed E-state index contributed by atoms with van der Waals surface area (Å²) in [7, 11) is 0. The highest BCUT2D eigenvalue weighted by atomic mass is 32.1.